The van der Waals surface area contributed by atoms with Gasteiger partial charge in [0, 0.05) is 24.7 Å². The number of hydrogen-bond acceptors (Lipinski definition) is 3. The number of piperidine rings is 1. The van der Waals surface area contributed by atoms with Gasteiger partial charge in [0.1, 0.15) is 0 Å². The average Bonchev–Trinajstić information content (AvgIpc) is 2.67. The molecule has 2 aromatic carbocycles. The van der Waals surface area contributed by atoms with Gasteiger partial charge in [-0.25, -0.2) is 8.42 Å². The molecule has 0 radical (unpaired) electrons. The Morgan fingerprint density at radius 1 is 1.03 bits per heavy atom. The molecule has 1 saturated heterocycles. The largest absolute Gasteiger partial charge is 0.416 e. The molecule has 1 heterocycles. The molecule has 0 unspecified atom stereocenters. The van der Waals surface area contributed by atoms with Crippen LogP contribution in [0.3, 0.4) is 0 Å². The number of sulfonamides is 1. The molecule has 1 fully saturated rings. The van der Waals surface area contributed by atoms with E-state index in [0.717, 1.165) is 17.7 Å². The summed E-state index contributed by atoms with van der Waals surface area (Å²) < 4.78 is 65.1. The van der Waals surface area contributed by atoms with Crippen molar-refractivity contribution in [1.29, 1.82) is 0 Å². The van der Waals surface area contributed by atoms with Crippen molar-refractivity contribution < 1.29 is 26.4 Å². The van der Waals surface area contributed by atoms with Crippen molar-refractivity contribution in [2.75, 3.05) is 18.4 Å². The third-order valence-corrected chi connectivity index (χ3v) is 7.31. The van der Waals surface area contributed by atoms with Crippen LogP contribution >= 0.6 is 0 Å². The van der Waals surface area contributed by atoms with Gasteiger partial charge in [-0.3, -0.25) is 4.79 Å². The molecule has 1 aliphatic heterocycles. The lowest BCUT2D eigenvalue weighted by molar-refractivity contribution is -0.137. The van der Waals surface area contributed by atoms with Crippen LogP contribution in [0.2, 0.25) is 0 Å². The molecule has 0 aromatic heterocycles. The number of nitrogens with zero attached hydrogens (tertiary/aromatic N) is 1. The second kappa shape index (κ2) is 8.39. The highest BCUT2D eigenvalue weighted by atomic mass is 32.2. The fraction of sp³-hybridized carbons (Fsp3) is 0.381. The molecule has 2 aromatic rings. The van der Waals surface area contributed by atoms with Crippen molar-refractivity contribution in [3.05, 3.63) is 59.2 Å². The molecule has 0 aliphatic carbocycles. The molecule has 3 rings (SSSR count). The first kappa shape index (κ1) is 22.3. The molecule has 0 atom stereocenters. The maximum atomic E-state index is 12.9. The first-order valence-corrected chi connectivity index (χ1v) is 11.0. The summed E-state index contributed by atoms with van der Waals surface area (Å²) in [6.07, 6.45) is -3.75. The Hall–Kier alpha value is -2.39. The lowest BCUT2D eigenvalue weighted by Crippen LogP contribution is -2.41. The number of anilines is 1. The summed E-state index contributed by atoms with van der Waals surface area (Å²) in [7, 11) is -3.64. The Bertz CT molecular complexity index is 1030. The highest BCUT2D eigenvalue weighted by Crippen LogP contribution is 2.30. The third-order valence-electron chi connectivity index (χ3n) is 5.25. The summed E-state index contributed by atoms with van der Waals surface area (Å²) in [5, 5.41) is 2.62. The van der Waals surface area contributed by atoms with Crippen LogP contribution in [0.25, 0.3) is 0 Å². The van der Waals surface area contributed by atoms with Crippen LogP contribution in [0.5, 0.6) is 0 Å². The van der Waals surface area contributed by atoms with E-state index in [1.165, 1.54) is 16.4 Å². The van der Waals surface area contributed by atoms with Crippen LogP contribution in [0.1, 0.15) is 29.5 Å². The number of carbonyl (C=O) groups is 1. The summed E-state index contributed by atoms with van der Waals surface area (Å²) in [6, 6.07) is 9.41. The summed E-state index contributed by atoms with van der Waals surface area (Å²) in [5.41, 5.74) is 1.14. The number of carbonyl (C=O) groups excluding carboxylic acids is 1. The number of halogens is 3. The van der Waals surface area contributed by atoms with Gasteiger partial charge >= 0.3 is 6.18 Å². The second-order valence-corrected chi connectivity index (χ2v) is 9.42. The van der Waals surface area contributed by atoms with Crippen LogP contribution < -0.4 is 5.32 Å². The van der Waals surface area contributed by atoms with Crippen molar-refractivity contribution in [3.8, 4) is 0 Å². The molecular formula is C21H23F3N2O3S. The number of amides is 1. The van der Waals surface area contributed by atoms with Gasteiger partial charge in [-0.2, -0.15) is 17.5 Å². The monoisotopic (exact) mass is 440 g/mol. The highest BCUT2D eigenvalue weighted by Gasteiger charge is 2.33. The second-order valence-electron chi connectivity index (χ2n) is 7.51. The van der Waals surface area contributed by atoms with E-state index in [0.29, 0.717) is 18.4 Å². The molecule has 1 N–H and O–H groups in total. The Morgan fingerprint density at radius 3 is 2.17 bits per heavy atom. The van der Waals surface area contributed by atoms with E-state index >= 15 is 0 Å². The van der Waals surface area contributed by atoms with E-state index in [1.54, 1.807) is 19.1 Å². The van der Waals surface area contributed by atoms with Crippen molar-refractivity contribution >= 4 is 21.6 Å². The van der Waals surface area contributed by atoms with Gasteiger partial charge < -0.3 is 5.32 Å². The van der Waals surface area contributed by atoms with Gasteiger partial charge in [0.15, 0.2) is 0 Å². The van der Waals surface area contributed by atoms with E-state index in [2.05, 4.69) is 5.32 Å². The summed E-state index contributed by atoms with van der Waals surface area (Å²) in [6.45, 7) is 4.07. The Morgan fingerprint density at radius 2 is 1.63 bits per heavy atom. The Kier molecular flexibility index (Phi) is 6.24. The SMILES string of the molecule is Cc1ccc(S(=O)(=O)N2CCC(C(=O)Nc3ccc(C(F)(F)F)cc3)CC2)c(C)c1. The van der Waals surface area contributed by atoms with Crippen molar-refractivity contribution in [3.63, 3.8) is 0 Å². The summed E-state index contributed by atoms with van der Waals surface area (Å²) >= 11 is 0. The minimum atomic E-state index is -4.43. The third kappa shape index (κ3) is 4.84. The lowest BCUT2D eigenvalue weighted by Gasteiger charge is -2.31. The molecule has 0 bridgehead atoms. The predicted molar refractivity (Wildman–Crippen MR) is 107 cm³/mol. The van der Waals surface area contributed by atoms with Gasteiger partial charge in [0.25, 0.3) is 0 Å². The highest BCUT2D eigenvalue weighted by molar-refractivity contribution is 7.89. The number of hydrogen-bond donors (Lipinski definition) is 1. The first-order valence-electron chi connectivity index (χ1n) is 9.54. The molecule has 9 heteroatoms. The molecule has 1 aliphatic rings. The molecule has 5 nitrogen and oxygen atoms in total. The van der Waals surface area contributed by atoms with Crippen LogP contribution in [0.4, 0.5) is 18.9 Å². The van der Waals surface area contributed by atoms with Crippen LogP contribution in [-0.2, 0) is 21.0 Å². The lowest BCUT2D eigenvalue weighted by atomic mass is 9.97. The molecule has 30 heavy (non-hydrogen) atoms. The standard InChI is InChI=1S/C21H23F3N2O3S/c1-14-3-8-19(15(2)13-14)30(28,29)26-11-9-16(10-12-26)20(27)25-18-6-4-17(5-7-18)21(22,23)24/h3-8,13,16H,9-12H2,1-2H3,(H,25,27). The van der Waals surface area contributed by atoms with E-state index in [4.69, 9.17) is 0 Å². The van der Waals surface area contributed by atoms with Crippen molar-refractivity contribution in [2.24, 2.45) is 5.92 Å². The van der Waals surface area contributed by atoms with E-state index in [-0.39, 0.29) is 29.6 Å². The minimum absolute atomic E-state index is 0.209. The number of nitrogens with one attached hydrogen (secondary N) is 1. The fourth-order valence-corrected chi connectivity index (χ4v) is 5.25. The van der Waals surface area contributed by atoms with Gasteiger partial charge in [-0.15, -0.1) is 0 Å². The van der Waals surface area contributed by atoms with Gasteiger partial charge in [-0.1, -0.05) is 17.7 Å². The summed E-state index contributed by atoms with van der Waals surface area (Å²) in [5.74, 6) is -0.726. The van der Waals surface area contributed by atoms with Crippen LogP contribution in [0.15, 0.2) is 47.4 Å². The zero-order valence-electron chi connectivity index (χ0n) is 16.7. The summed E-state index contributed by atoms with van der Waals surface area (Å²) in [4.78, 5) is 12.7. The number of benzene rings is 2. The molecule has 0 spiro atoms. The maximum absolute atomic E-state index is 12.9. The molecule has 1 amide bonds. The van der Waals surface area contributed by atoms with Crippen LogP contribution in [-0.4, -0.2) is 31.7 Å². The quantitative estimate of drug-likeness (QED) is 0.768. The predicted octanol–water partition coefficient (Wildman–Crippen LogP) is 4.36. The molecular weight excluding hydrogens is 417 g/mol. The smallest absolute Gasteiger partial charge is 0.326 e. The Balaban J connectivity index is 1.61. The minimum Gasteiger partial charge on any atom is -0.326 e. The maximum Gasteiger partial charge on any atom is 0.416 e. The van der Waals surface area contributed by atoms with Gasteiger partial charge in [0.05, 0.1) is 10.5 Å². The zero-order chi connectivity index (χ0) is 22.1. The fourth-order valence-electron chi connectivity index (χ4n) is 3.57. The normalized spacial score (nSPS) is 16.4. The molecule has 0 saturated carbocycles. The van der Waals surface area contributed by atoms with Crippen molar-refractivity contribution in [1.82, 2.24) is 4.31 Å². The first-order chi connectivity index (χ1) is 14.0. The number of rotatable bonds is 4. The zero-order valence-corrected chi connectivity index (χ0v) is 17.5. The average molecular weight is 440 g/mol. The van der Waals surface area contributed by atoms with E-state index in [9.17, 15) is 26.4 Å². The van der Waals surface area contributed by atoms with Gasteiger partial charge in [0.2, 0.25) is 15.9 Å². The van der Waals surface area contributed by atoms with Crippen molar-refractivity contribution in [2.45, 2.75) is 37.8 Å². The number of aryl methyl sites for hydroxylation is 2. The van der Waals surface area contributed by atoms with Gasteiger partial charge in [-0.05, 0) is 62.6 Å². The number of alkyl halides is 3. The van der Waals surface area contributed by atoms with E-state index < -0.39 is 27.7 Å². The Labute approximate surface area is 173 Å². The molecule has 162 valence electrons. The topological polar surface area (TPSA) is 66.5 Å². The van der Waals surface area contributed by atoms with Crippen LogP contribution in [0, 0.1) is 19.8 Å². The van der Waals surface area contributed by atoms with E-state index in [1.807, 2.05) is 13.0 Å².